The summed E-state index contributed by atoms with van der Waals surface area (Å²) in [6.07, 6.45) is 2.32. The largest absolute Gasteiger partial charge is 0.351 e. The number of alkyl halides is 1. The van der Waals surface area contributed by atoms with Gasteiger partial charge in [-0.25, -0.2) is 0 Å². The molecule has 17 heavy (non-hydrogen) atoms. The minimum absolute atomic E-state index is 0.141. The van der Waals surface area contributed by atoms with Gasteiger partial charge in [-0.05, 0) is 31.1 Å². The molecule has 0 spiro atoms. The molecule has 0 bridgehead atoms. The Morgan fingerprint density at radius 1 is 1.29 bits per heavy atom. The van der Waals surface area contributed by atoms with Gasteiger partial charge < -0.3 is 5.32 Å². The van der Waals surface area contributed by atoms with Crippen molar-refractivity contribution in [1.29, 1.82) is 0 Å². The first-order valence-electron chi connectivity index (χ1n) is 6.51. The number of amides is 1. The normalized spacial score (nSPS) is 17.4. The van der Waals surface area contributed by atoms with Gasteiger partial charge in [0.05, 0.1) is 0 Å². The fourth-order valence-electron chi connectivity index (χ4n) is 1.51. The molecule has 0 radical (unpaired) electrons. The van der Waals surface area contributed by atoms with Crippen LogP contribution in [0.3, 0.4) is 0 Å². The first-order valence-corrected chi connectivity index (χ1v) is 7.05. The zero-order valence-electron chi connectivity index (χ0n) is 12.2. The lowest BCUT2D eigenvalue weighted by atomic mass is 9.80. The summed E-state index contributed by atoms with van der Waals surface area (Å²) in [7, 11) is 0. The summed E-state index contributed by atoms with van der Waals surface area (Å²) >= 11 is 5.78. The second-order valence-corrected chi connectivity index (χ2v) is 6.75. The summed E-state index contributed by atoms with van der Waals surface area (Å²) < 4.78 is 0. The molecule has 102 valence electrons. The van der Waals surface area contributed by atoms with Crippen LogP contribution in [0.1, 0.15) is 60.8 Å². The van der Waals surface area contributed by atoms with Gasteiger partial charge in [-0.15, -0.1) is 11.6 Å². The molecule has 0 aromatic rings. The average molecular weight is 262 g/mol. The molecule has 0 aliphatic heterocycles. The van der Waals surface area contributed by atoms with Gasteiger partial charge in [-0.2, -0.15) is 0 Å². The van der Waals surface area contributed by atoms with E-state index < -0.39 is 0 Å². The predicted molar refractivity (Wildman–Crippen MR) is 75.4 cm³/mol. The molecule has 0 saturated carbocycles. The Hall–Kier alpha value is -0.240. The van der Waals surface area contributed by atoms with E-state index in [9.17, 15) is 4.79 Å². The monoisotopic (exact) mass is 261 g/mol. The zero-order chi connectivity index (χ0) is 13.7. The smallest absolute Gasteiger partial charge is 0.220 e. The van der Waals surface area contributed by atoms with Gasteiger partial charge in [0.25, 0.3) is 0 Å². The predicted octanol–water partition coefficient (Wildman–Crippen LogP) is 3.97. The molecule has 0 aromatic heterocycles. The van der Waals surface area contributed by atoms with E-state index >= 15 is 0 Å². The van der Waals surface area contributed by atoms with Crippen LogP contribution in [-0.4, -0.2) is 17.3 Å². The van der Waals surface area contributed by atoms with E-state index in [4.69, 9.17) is 11.6 Å². The van der Waals surface area contributed by atoms with Crippen molar-refractivity contribution in [3.8, 4) is 0 Å². The molecule has 2 unspecified atom stereocenters. The van der Waals surface area contributed by atoms with Crippen molar-refractivity contribution < 1.29 is 4.79 Å². The summed E-state index contributed by atoms with van der Waals surface area (Å²) in [6, 6.07) is 0. The van der Waals surface area contributed by atoms with Crippen molar-refractivity contribution in [2.24, 2.45) is 11.3 Å². The van der Waals surface area contributed by atoms with Crippen LogP contribution in [0.25, 0.3) is 0 Å². The Bertz CT molecular complexity index is 247. The van der Waals surface area contributed by atoms with Crippen molar-refractivity contribution >= 4 is 17.5 Å². The maximum Gasteiger partial charge on any atom is 0.220 e. The van der Waals surface area contributed by atoms with Crippen molar-refractivity contribution in [3.63, 3.8) is 0 Å². The molecule has 0 rings (SSSR count). The Morgan fingerprint density at radius 3 is 2.18 bits per heavy atom. The molecule has 3 heteroatoms. The fraction of sp³-hybridized carbons (Fsp3) is 0.929. The number of carbonyl (C=O) groups is 1. The number of carbonyl (C=O) groups excluding carboxylic acids is 1. The number of hydrogen-bond acceptors (Lipinski definition) is 1. The van der Waals surface area contributed by atoms with Gasteiger partial charge in [-0.3, -0.25) is 4.79 Å². The SMILES string of the molecule is CCC(C)(CCCl)NC(=O)CC(C)C(C)(C)C. The lowest BCUT2D eigenvalue weighted by Crippen LogP contribution is -2.46. The van der Waals surface area contributed by atoms with Gasteiger partial charge in [0, 0.05) is 17.8 Å². The van der Waals surface area contributed by atoms with Gasteiger partial charge in [-0.1, -0.05) is 34.6 Å². The van der Waals surface area contributed by atoms with E-state index in [1.54, 1.807) is 0 Å². The Kier molecular flexibility index (Phi) is 6.53. The Balaban J connectivity index is 4.35. The molecule has 0 saturated heterocycles. The standard InChI is InChI=1S/C14H28ClNO/c1-7-14(6,8-9-15)16-12(17)10-11(2)13(3,4)5/h11H,7-10H2,1-6H3,(H,16,17). The van der Waals surface area contributed by atoms with Crippen molar-refractivity contribution in [2.45, 2.75) is 66.3 Å². The highest BCUT2D eigenvalue weighted by Gasteiger charge is 2.27. The molecular weight excluding hydrogens is 234 g/mol. The highest BCUT2D eigenvalue weighted by molar-refractivity contribution is 6.17. The molecule has 0 aliphatic carbocycles. The van der Waals surface area contributed by atoms with Crippen LogP contribution in [0.15, 0.2) is 0 Å². The average Bonchev–Trinajstić information content (AvgIpc) is 2.16. The van der Waals surface area contributed by atoms with Crippen LogP contribution in [0, 0.1) is 11.3 Å². The van der Waals surface area contributed by atoms with Crippen LogP contribution in [0.5, 0.6) is 0 Å². The molecule has 1 N–H and O–H groups in total. The van der Waals surface area contributed by atoms with Crippen LogP contribution < -0.4 is 5.32 Å². The highest BCUT2D eigenvalue weighted by atomic mass is 35.5. The third-order valence-corrected chi connectivity index (χ3v) is 4.03. The lowest BCUT2D eigenvalue weighted by Gasteiger charge is -2.32. The van der Waals surface area contributed by atoms with E-state index in [0.717, 1.165) is 12.8 Å². The lowest BCUT2D eigenvalue weighted by molar-refractivity contribution is -0.124. The van der Waals surface area contributed by atoms with Crippen molar-refractivity contribution in [2.75, 3.05) is 5.88 Å². The second-order valence-electron chi connectivity index (χ2n) is 6.37. The van der Waals surface area contributed by atoms with E-state index in [1.807, 2.05) is 0 Å². The molecule has 0 aromatic carbocycles. The summed E-state index contributed by atoms with van der Waals surface area (Å²) in [4.78, 5) is 12.0. The molecule has 2 atom stereocenters. The van der Waals surface area contributed by atoms with Crippen molar-refractivity contribution in [3.05, 3.63) is 0 Å². The molecule has 0 fully saturated rings. The van der Waals surface area contributed by atoms with E-state index in [0.29, 0.717) is 18.2 Å². The Morgan fingerprint density at radius 2 is 1.82 bits per heavy atom. The maximum atomic E-state index is 12.0. The van der Waals surface area contributed by atoms with Crippen LogP contribution in [0.4, 0.5) is 0 Å². The van der Waals surface area contributed by atoms with Gasteiger partial charge in [0.2, 0.25) is 5.91 Å². The third-order valence-electron chi connectivity index (χ3n) is 3.84. The first-order chi connectivity index (χ1) is 7.64. The second kappa shape index (κ2) is 6.63. The van der Waals surface area contributed by atoms with Crippen LogP contribution in [-0.2, 0) is 4.79 Å². The van der Waals surface area contributed by atoms with Gasteiger partial charge >= 0.3 is 0 Å². The van der Waals surface area contributed by atoms with E-state index in [2.05, 4.69) is 46.9 Å². The third kappa shape index (κ3) is 6.30. The van der Waals surface area contributed by atoms with Crippen LogP contribution >= 0.6 is 11.6 Å². The fourth-order valence-corrected chi connectivity index (χ4v) is 1.93. The summed E-state index contributed by atoms with van der Waals surface area (Å²) in [5.41, 5.74) is 0.0167. The minimum atomic E-state index is -0.156. The molecule has 0 heterocycles. The summed E-state index contributed by atoms with van der Waals surface area (Å²) in [5, 5.41) is 3.12. The van der Waals surface area contributed by atoms with Crippen molar-refractivity contribution in [1.82, 2.24) is 5.32 Å². The molecule has 0 aliphatic rings. The van der Waals surface area contributed by atoms with Crippen LogP contribution in [0.2, 0.25) is 0 Å². The molecule has 1 amide bonds. The number of nitrogens with one attached hydrogen (secondary N) is 1. The van der Waals surface area contributed by atoms with Gasteiger partial charge in [0.1, 0.15) is 0 Å². The molecular formula is C14H28ClNO. The summed E-state index contributed by atoms with van der Waals surface area (Å²) in [5.74, 6) is 1.10. The zero-order valence-corrected chi connectivity index (χ0v) is 12.9. The Labute approximate surface area is 111 Å². The topological polar surface area (TPSA) is 29.1 Å². The number of rotatable bonds is 6. The highest BCUT2D eigenvalue weighted by Crippen LogP contribution is 2.28. The minimum Gasteiger partial charge on any atom is -0.351 e. The first kappa shape index (κ1) is 16.8. The number of hydrogen-bond donors (Lipinski definition) is 1. The maximum absolute atomic E-state index is 12.0. The summed E-state index contributed by atoms with van der Waals surface area (Å²) in [6.45, 7) is 12.8. The van der Waals surface area contributed by atoms with Gasteiger partial charge in [0.15, 0.2) is 0 Å². The quantitative estimate of drug-likeness (QED) is 0.720. The number of halogens is 1. The van der Waals surface area contributed by atoms with E-state index in [1.165, 1.54) is 0 Å². The van der Waals surface area contributed by atoms with E-state index in [-0.39, 0.29) is 16.9 Å². The molecule has 2 nitrogen and oxygen atoms in total.